The van der Waals surface area contributed by atoms with E-state index in [1.54, 1.807) is 12.2 Å². The summed E-state index contributed by atoms with van der Waals surface area (Å²) in [5, 5.41) is 21.1. The molecule has 5 nitrogen and oxygen atoms in total. The first-order valence-corrected chi connectivity index (χ1v) is 9.47. The van der Waals surface area contributed by atoms with Gasteiger partial charge in [0.05, 0.1) is 22.9 Å². The van der Waals surface area contributed by atoms with Crippen LogP contribution in [0.2, 0.25) is 0 Å². The van der Waals surface area contributed by atoms with Crippen molar-refractivity contribution in [1.29, 1.82) is 0 Å². The van der Waals surface area contributed by atoms with E-state index in [0.717, 1.165) is 42.0 Å². The van der Waals surface area contributed by atoms with Crippen molar-refractivity contribution in [3.63, 3.8) is 0 Å². The molecule has 3 N–H and O–H groups in total. The van der Waals surface area contributed by atoms with Gasteiger partial charge in [0, 0.05) is 17.3 Å². The Morgan fingerprint density at radius 2 is 1.70 bits per heavy atom. The summed E-state index contributed by atoms with van der Waals surface area (Å²) in [6.07, 6.45) is 6.08. The molecule has 0 spiro atoms. The molecule has 0 atom stereocenters. The van der Waals surface area contributed by atoms with Crippen LogP contribution in [0, 0.1) is 13.8 Å². The number of aryl methyl sites for hydroxylation is 1. The minimum atomic E-state index is -0.245. The Balaban J connectivity index is 2.07. The number of carbonyl (C=O) groups is 1. The maximum atomic E-state index is 12.8. The van der Waals surface area contributed by atoms with Gasteiger partial charge in [0.25, 0.3) is 0 Å². The number of allylic oxidation sites excluding steroid dienone is 5. The fourth-order valence-corrected chi connectivity index (χ4v) is 3.97. The highest BCUT2D eigenvalue weighted by Gasteiger charge is 2.40. The summed E-state index contributed by atoms with van der Waals surface area (Å²) in [5.41, 5.74) is 5.58. The third-order valence-electron chi connectivity index (χ3n) is 5.50. The maximum absolute atomic E-state index is 12.8. The van der Waals surface area contributed by atoms with Crippen LogP contribution in [0.25, 0.3) is 5.57 Å². The summed E-state index contributed by atoms with van der Waals surface area (Å²) in [4.78, 5) is 16.1. The zero-order chi connectivity index (χ0) is 19.9. The molecule has 0 saturated carbocycles. The van der Waals surface area contributed by atoms with Crippen molar-refractivity contribution in [1.82, 2.24) is 4.98 Å². The average Bonchev–Trinajstić information content (AvgIpc) is 2.91. The molecular formula is C22H27N2O3+. The lowest BCUT2D eigenvalue weighted by Gasteiger charge is -2.24. The Labute approximate surface area is 159 Å². The summed E-state index contributed by atoms with van der Waals surface area (Å²) in [6, 6.07) is 0. The number of Topliss-reactive ketones (excluding diaryl/α,β-unsaturated/α-hetero) is 1. The molecular weight excluding hydrogens is 340 g/mol. The topological polar surface area (TPSA) is 76.3 Å². The van der Waals surface area contributed by atoms with Gasteiger partial charge < -0.3 is 15.2 Å². The lowest BCUT2D eigenvalue weighted by atomic mass is 9.80. The van der Waals surface area contributed by atoms with Gasteiger partial charge in [0.2, 0.25) is 11.5 Å². The van der Waals surface area contributed by atoms with Gasteiger partial charge in [-0.25, -0.2) is 4.58 Å². The van der Waals surface area contributed by atoms with E-state index < -0.39 is 0 Å². The lowest BCUT2D eigenvalue weighted by Crippen LogP contribution is -2.25. The molecule has 1 heterocycles. The van der Waals surface area contributed by atoms with Crippen molar-refractivity contribution < 1.29 is 19.6 Å². The highest BCUT2D eigenvalue weighted by molar-refractivity contribution is 6.39. The largest absolute Gasteiger partial charge is 0.507 e. The molecule has 27 heavy (non-hydrogen) atoms. The monoisotopic (exact) mass is 367 g/mol. The van der Waals surface area contributed by atoms with Gasteiger partial charge >= 0.3 is 0 Å². The van der Waals surface area contributed by atoms with Gasteiger partial charge in [-0.15, -0.1) is 0 Å². The first-order valence-electron chi connectivity index (χ1n) is 9.47. The molecule has 1 aromatic heterocycles. The van der Waals surface area contributed by atoms with Crippen LogP contribution in [-0.4, -0.2) is 44.4 Å². The highest BCUT2D eigenvalue weighted by atomic mass is 16.3. The minimum absolute atomic E-state index is 0.00184. The van der Waals surface area contributed by atoms with Crippen molar-refractivity contribution in [2.75, 3.05) is 13.1 Å². The van der Waals surface area contributed by atoms with Crippen LogP contribution in [0.5, 0.6) is 0 Å². The number of aliphatic hydroxyl groups excluding tert-OH is 2. The number of carbonyl (C=O) groups excluding carboxylic acids is 1. The SMILES string of the molecule is CCc1c(C)[nH]c(C2=C(O)/C(=C3/C=CC(=[N+](CC)CC)C=C3O)C2=O)c1C. The number of ketones is 1. The zero-order valence-electron chi connectivity index (χ0n) is 16.6. The molecule has 2 aliphatic rings. The third kappa shape index (κ3) is 2.87. The van der Waals surface area contributed by atoms with Crippen molar-refractivity contribution >= 4 is 17.1 Å². The van der Waals surface area contributed by atoms with Crippen molar-refractivity contribution in [3.05, 3.63) is 63.4 Å². The van der Waals surface area contributed by atoms with Crippen LogP contribution in [-0.2, 0) is 11.2 Å². The minimum Gasteiger partial charge on any atom is -0.507 e. The molecule has 0 radical (unpaired) electrons. The van der Waals surface area contributed by atoms with Crippen molar-refractivity contribution in [2.45, 2.75) is 41.0 Å². The fourth-order valence-electron chi connectivity index (χ4n) is 3.97. The van der Waals surface area contributed by atoms with Crippen LogP contribution < -0.4 is 0 Å². The number of hydrogen-bond donors (Lipinski definition) is 3. The molecule has 0 bridgehead atoms. The Morgan fingerprint density at radius 1 is 1.04 bits per heavy atom. The van der Waals surface area contributed by atoms with Crippen LogP contribution in [0.1, 0.15) is 43.3 Å². The zero-order valence-corrected chi connectivity index (χ0v) is 16.6. The van der Waals surface area contributed by atoms with E-state index in [-0.39, 0.29) is 22.9 Å². The number of aliphatic hydroxyl groups is 2. The first kappa shape index (κ1) is 19.0. The van der Waals surface area contributed by atoms with E-state index in [1.807, 2.05) is 33.8 Å². The van der Waals surface area contributed by atoms with Gasteiger partial charge in [0.15, 0.2) is 0 Å². The van der Waals surface area contributed by atoms with E-state index in [1.165, 1.54) is 0 Å². The molecule has 5 heteroatoms. The number of aromatic amines is 1. The summed E-state index contributed by atoms with van der Waals surface area (Å²) < 4.78 is 2.11. The molecule has 0 saturated heterocycles. The van der Waals surface area contributed by atoms with Crippen molar-refractivity contribution in [2.24, 2.45) is 0 Å². The fraction of sp³-hybridized carbons (Fsp3) is 0.364. The number of aromatic nitrogens is 1. The van der Waals surface area contributed by atoms with E-state index in [2.05, 4.69) is 16.5 Å². The Hall–Kier alpha value is -2.82. The van der Waals surface area contributed by atoms with Crippen LogP contribution in [0.3, 0.4) is 0 Å². The lowest BCUT2D eigenvalue weighted by molar-refractivity contribution is -0.519. The van der Waals surface area contributed by atoms with E-state index in [0.29, 0.717) is 16.8 Å². The predicted octanol–water partition coefficient (Wildman–Crippen LogP) is 3.85. The van der Waals surface area contributed by atoms with Crippen LogP contribution in [0.4, 0.5) is 0 Å². The van der Waals surface area contributed by atoms with Gasteiger partial charge in [-0.1, -0.05) is 6.92 Å². The highest BCUT2D eigenvalue weighted by Crippen LogP contribution is 2.41. The number of nitrogens with one attached hydrogen (secondary N) is 1. The summed E-state index contributed by atoms with van der Waals surface area (Å²) in [5.74, 6) is -0.301. The van der Waals surface area contributed by atoms with Crippen LogP contribution >= 0.6 is 0 Å². The number of rotatable bonds is 4. The van der Waals surface area contributed by atoms with Gasteiger partial charge in [-0.3, -0.25) is 4.79 Å². The molecule has 142 valence electrons. The number of H-pyrrole nitrogens is 1. The molecule has 0 aliphatic heterocycles. The standard InChI is InChI=1S/C22H26N2O3/c1-6-15-12(4)20(23-13(15)5)19-21(26)18(22(19)27)16-10-9-14(11-17(16)25)24(7-2)8-3/h9-11H,6-8H2,1-5H3,(H2,23,25,26,27)/p+1. The summed E-state index contributed by atoms with van der Waals surface area (Å²) >= 11 is 0. The van der Waals surface area contributed by atoms with Crippen LogP contribution in [0.15, 0.2) is 40.9 Å². The van der Waals surface area contributed by atoms with Crippen molar-refractivity contribution in [3.8, 4) is 0 Å². The second-order valence-electron chi connectivity index (χ2n) is 6.88. The quantitative estimate of drug-likeness (QED) is 0.559. The Bertz CT molecular complexity index is 975. The molecule has 0 aromatic carbocycles. The van der Waals surface area contributed by atoms with E-state index in [9.17, 15) is 15.0 Å². The second kappa shape index (κ2) is 7.06. The summed E-state index contributed by atoms with van der Waals surface area (Å²) in [6.45, 7) is 11.7. The predicted molar refractivity (Wildman–Crippen MR) is 107 cm³/mol. The summed E-state index contributed by atoms with van der Waals surface area (Å²) in [7, 11) is 0. The Morgan fingerprint density at radius 3 is 2.19 bits per heavy atom. The molecule has 0 fully saturated rings. The molecule has 2 aliphatic carbocycles. The molecule has 0 amide bonds. The third-order valence-corrected chi connectivity index (χ3v) is 5.50. The maximum Gasteiger partial charge on any atom is 0.203 e. The molecule has 0 unspecified atom stereocenters. The van der Waals surface area contributed by atoms with E-state index in [4.69, 9.17) is 0 Å². The van der Waals surface area contributed by atoms with Gasteiger partial charge in [-0.05, 0) is 51.3 Å². The normalized spacial score (nSPS) is 19.5. The molecule has 3 rings (SSSR count). The Kier molecular flexibility index (Phi) is 4.96. The van der Waals surface area contributed by atoms with Gasteiger partial charge in [0.1, 0.15) is 24.6 Å². The van der Waals surface area contributed by atoms with Gasteiger partial charge in [-0.2, -0.15) is 0 Å². The van der Waals surface area contributed by atoms with E-state index >= 15 is 0 Å². The number of nitrogens with zero attached hydrogens (tertiary/aromatic N) is 1. The number of hydrogen-bond acceptors (Lipinski definition) is 3. The molecule has 1 aromatic rings. The second-order valence-corrected chi connectivity index (χ2v) is 6.88. The first-order chi connectivity index (χ1) is 12.8. The smallest absolute Gasteiger partial charge is 0.203 e. The average molecular weight is 367 g/mol.